The molecule has 34 heavy (non-hydrogen) atoms. The summed E-state index contributed by atoms with van der Waals surface area (Å²) < 4.78 is 13.5. The molecule has 0 radical (unpaired) electrons. The van der Waals surface area contributed by atoms with Crippen LogP contribution in [0, 0.1) is 0 Å². The fourth-order valence-electron chi connectivity index (χ4n) is 3.82. The summed E-state index contributed by atoms with van der Waals surface area (Å²) in [5.41, 5.74) is 3.77. The van der Waals surface area contributed by atoms with Gasteiger partial charge in [-0.1, -0.05) is 54.6 Å². The van der Waals surface area contributed by atoms with Gasteiger partial charge in [-0.15, -0.1) is 0 Å². The van der Waals surface area contributed by atoms with Gasteiger partial charge in [0.05, 0.1) is 17.0 Å². The van der Waals surface area contributed by atoms with Gasteiger partial charge < -0.3 is 15.1 Å². The number of fused-ring (bicyclic) bond motifs is 1. The zero-order valence-electron chi connectivity index (χ0n) is 19.1. The van der Waals surface area contributed by atoms with E-state index in [1.165, 1.54) is 19.9 Å². The standard InChI is InChI=1S/C26H26N3O4P/c1-26(2,34(31,32)33)20-12-14-21(15-13-20)28-24(30)16-11-19-17-27-29(3)25(19)23-10-6-8-18-7-4-5-9-22(18)23/h4-17H,1-3H3,(H,28,30)(H2,31,32,33)/b16-11+. The molecular weight excluding hydrogens is 449 g/mol. The normalized spacial score (nSPS) is 12.4. The predicted octanol–water partition coefficient (Wildman–Crippen LogP) is 5.31. The predicted molar refractivity (Wildman–Crippen MR) is 135 cm³/mol. The van der Waals surface area contributed by atoms with Crippen LogP contribution in [0.5, 0.6) is 0 Å². The van der Waals surface area contributed by atoms with Crippen molar-refractivity contribution in [2.24, 2.45) is 7.05 Å². The first-order valence-electron chi connectivity index (χ1n) is 10.7. The van der Waals surface area contributed by atoms with Crippen molar-refractivity contribution in [3.63, 3.8) is 0 Å². The van der Waals surface area contributed by atoms with E-state index in [-0.39, 0.29) is 5.91 Å². The number of carbonyl (C=O) groups is 1. The Morgan fingerprint density at radius 3 is 2.41 bits per heavy atom. The maximum atomic E-state index is 12.5. The lowest BCUT2D eigenvalue weighted by Crippen LogP contribution is -2.17. The monoisotopic (exact) mass is 475 g/mol. The van der Waals surface area contributed by atoms with E-state index in [1.807, 2.05) is 31.3 Å². The summed E-state index contributed by atoms with van der Waals surface area (Å²) in [4.78, 5) is 31.7. The number of carbonyl (C=O) groups excluding carboxylic acids is 1. The Kier molecular flexibility index (Phi) is 6.28. The number of amides is 1. The first-order chi connectivity index (χ1) is 16.1. The number of hydrogen-bond acceptors (Lipinski definition) is 3. The Morgan fingerprint density at radius 2 is 1.71 bits per heavy atom. The molecule has 0 aliphatic heterocycles. The van der Waals surface area contributed by atoms with Gasteiger partial charge in [0.2, 0.25) is 5.91 Å². The lowest BCUT2D eigenvalue weighted by molar-refractivity contribution is -0.111. The lowest BCUT2D eigenvalue weighted by atomic mass is 9.99. The average Bonchev–Trinajstić information content (AvgIpc) is 3.17. The average molecular weight is 475 g/mol. The van der Waals surface area contributed by atoms with Crippen LogP contribution in [-0.2, 0) is 21.6 Å². The van der Waals surface area contributed by atoms with Crippen LogP contribution in [0.1, 0.15) is 25.0 Å². The molecule has 0 saturated carbocycles. The Bertz CT molecular complexity index is 1430. The zero-order valence-corrected chi connectivity index (χ0v) is 20.0. The topological polar surface area (TPSA) is 104 Å². The van der Waals surface area contributed by atoms with Crippen molar-refractivity contribution in [2.75, 3.05) is 5.32 Å². The summed E-state index contributed by atoms with van der Waals surface area (Å²) in [6, 6.07) is 20.7. The van der Waals surface area contributed by atoms with Gasteiger partial charge in [0.15, 0.2) is 0 Å². The van der Waals surface area contributed by atoms with E-state index in [4.69, 9.17) is 0 Å². The van der Waals surface area contributed by atoms with Crippen LogP contribution >= 0.6 is 7.60 Å². The van der Waals surface area contributed by atoms with Crippen molar-refractivity contribution in [3.8, 4) is 11.3 Å². The summed E-state index contributed by atoms with van der Waals surface area (Å²) in [6.07, 6.45) is 4.89. The molecule has 4 aromatic rings. The number of rotatable bonds is 6. The van der Waals surface area contributed by atoms with Gasteiger partial charge in [0.1, 0.15) is 0 Å². The molecule has 3 aromatic carbocycles. The molecule has 0 spiro atoms. The molecule has 0 atom stereocenters. The van der Waals surface area contributed by atoms with E-state index < -0.39 is 12.8 Å². The Balaban J connectivity index is 1.55. The fourth-order valence-corrected chi connectivity index (χ4v) is 4.30. The van der Waals surface area contributed by atoms with Crippen LogP contribution < -0.4 is 5.32 Å². The zero-order chi connectivity index (χ0) is 24.5. The summed E-state index contributed by atoms with van der Waals surface area (Å²) in [5.74, 6) is -0.324. The van der Waals surface area contributed by atoms with Gasteiger partial charge in [0.25, 0.3) is 0 Å². The number of nitrogens with one attached hydrogen (secondary N) is 1. The number of nitrogens with zero attached hydrogens (tertiary/aromatic N) is 2. The molecule has 4 rings (SSSR count). The molecule has 0 aliphatic carbocycles. The molecule has 3 N–H and O–H groups in total. The third-order valence-corrected chi connectivity index (χ3v) is 7.73. The van der Waals surface area contributed by atoms with Crippen molar-refractivity contribution >= 4 is 36.0 Å². The molecule has 0 saturated heterocycles. The van der Waals surface area contributed by atoms with Crippen LogP contribution in [-0.4, -0.2) is 25.5 Å². The minimum Gasteiger partial charge on any atom is -0.324 e. The number of benzene rings is 3. The molecule has 174 valence electrons. The van der Waals surface area contributed by atoms with Crippen LogP contribution in [0.2, 0.25) is 0 Å². The molecule has 1 amide bonds. The van der Waals surface area contributed by atoms with Crippen LogP contribution in [0.15, 0.2) is 79.0 Å². The largest absolute Gasteiger partial charge is 0.335 e. The van der Waals surface area contributed by atoms with Crippen molar-refractivity contribution in [1.29, 1.82) is 0 Å². The maximum Gasteiger partial charge on any atom is 0.335 e. The third-order valence-electron chi connectivity index (χ3n) is 6.01. The molecule has 0 bridgehead atoms. The van der Waals surface area contributed by atoms with Crippen molar-refractivity contribution in [1.82, 2.24) is 9.78 Å². The first kappa shape index (κ1) is 23.6. The minimum atomic E-state index is -4.33. The maximum absolute atomic E-state index is 12.5. The molecule has 0 aliphatic rings. The molecule has 7 nitrogen and oxygen atoms in total. The number of aromatic nitrogens is 2. The second-order valence-corrected chi connectivity index (χ2v) is 10.8. The third kappa shape index (κ3) is 4.59. The highest BCUT2D eigenvalue weighted by Crippen LogP contribution is 2.56. The molecule has 1 aromatic heterocycles. The number of anilines is 1. The van der Waals surface area contributed by atoms with Gasteiger partial charge in [-0.2, -0.15) is 5.10 Å². The summed E-state index contributed by atoms with van der Waals surface area (Å²) >= 11 is 0. The SMILES string of the molecule is Cn1ncc(/C=C/C(=O)Nc2ccc(C(C)(C)P(=O)(O)O)cc2)c1-c1cccc2ccccc12. The highest BCUT2D eigenvalue weighted by molar-refractivity contribution is 7.53. The van der Waals surface area contributed by atoms with Gasteiger partial charge in [0, 0.05) is 29.9 Å². The van der Waals surface area contributed by atoms with E-state index in [0.717, 1.165) is 27.6 Å². The van der Waals surface area contributed by atoms with Crippen LogP contribution in [0.4, 0.5) is 5.69 Å². The van der Waals surface area contributed by atoms with Gasteiger partial charge >= 0.3 is 7.60 Å². The van der Waals surface area contributed by atoms with E-state index in [0.29, 0.717) is 11.3 Å². The smallest absolute Gasteiger partial charge is 0.324 e. The summed E-state index contributed by atoms with van der Waals surface area (Å²) in [6.45, 7) is 2.98. The van der Waals surface area contributed by atoms with Gasteiger partial charge in [-0.25, -0.2) is 0 Å². The Morgan fingerprint density at radius 1 is 1.03 bits per heavy atom. The summed E-state index contributed by atoms with van der Waals surface area (Å²) in [5, 5.41) is 8.08. The van der Waals surface area contributed by atoms with Crippen LogP contribution in [0.3, 0.4) is 0 Å². The quantitative estimate of drug-likeness (QED) is 0.259. The molecule has 0 fully saturated rings. The van der Waals surface area contributed by atoms with E-state index in [1.54, 1.807) is 41.2 Å². The van der Waals surface area contributed by atoms with Gasteiger partial charge in [-0.05, 0) is 48.4 Å². The second kappa shape index (κ2) is 9.03. The minimum absolute atomic E-state index is 0.324. The molecule has 8 heteroatoms. The van der Waals surface area contributed by atoms with E-state index in [9.17, 15) is 19.1 Å². The fraction of sp³-hybridized carbons (Fsp3) is 0.154. The van der Waals surface area contributed by atoms with Crippen molar-refractivity contribution in [2.45, 2.75) is 19.0 Å². The molecule has 1 heterocycles. The molecule has 0 unspecified atom stereocenters. The molecular formula is C26H26N3O4P. The van der Waals surface area contributed by atoms with E-state index >= 15 is 0 Å². The number of hydrogen-bond donors (Lipinski definition) is 3. The highest BCUT2D eigenvalue weighted by Gasteiger charge is 2.39. The van der Waals surface area contributed by atoms with Crippen molar-refractivity contribution < 1.29 is 19.1 Å². The van der Waals surface area contributed by atoms with Crippen molar-refractivity contribution in [3.05, 3.63) is 90.1 Å². The van der Waals surface area contributed by atoms with Crippen LogP contribution in [0.25, 0.3) is 28.1 Å². The number of aryl methyl sites for hydroxylation is 1. The summed E-state index contributed by atoms with van der Waals surface area (Å²) in [7, 11) is -2.46. The van der Waals surface area contributed by atoms with E-state index in [2.05, 4.69) is 28.6 Å². The Hall–Kier alpha value is -3.51. The first-order valence-corrected chi connectivity index (χ1v) is 12.3. The highest BCUT2D eigenvalue weighted by atomic mass is 31.2. The lowest BCUT2D eigenvalue weighted by Gasteiger charge is -2.26. The van der Waals surface area contributed by atoms with Gasteiger partial charge in [-0.3, -0.25) is 14.0 Å². The Labute approximate surface area is 197 Å². The second-order valence-electron chi connectivity index (χ2n) is 8.60.